The molecular weight excluding hydrogens is 237 g/mol. The van der Waals surface area contributed by atoms with E-state index in [9.17, 15) is 4.39 Å². The summed E-state index contributed by atoms with van der Waals surface area (Å²) in [6.07, 6.45) is 2.25. The van der Waals surface area contributed by atoms with Gasteiger partial charge in [0, 0.05) is 11.7 Å². The van der Waals surface area contributed by atoms with Crippen molar-refractivity contribution in [2.45, 2.75) is 31.7 Å². The molecule has 2 aromatic rings. The summed E-state index contributed by atoms with van der Waals surface area (Å²) in [5.74, 6) is 0.465. The molecule has 1 aliphatic carbocycles. The first-order valence-corrected chi connectivity index (χ1v) is 6.80. The van der Waals surface area contributed by atoms with Crippen molar-refractivity contribution in [3.8, 4) is 0 Å². The van der Waals surface area contributed by atoms with Crippen LogP contribution < -0.4 is 5.32 Å². The average molecular weight is 255 g/mol. The summed E-state index contributed by atoms with van der Waals surface area (Å²) < 4.78 is 13.1. The van der Waals surface area contributed by atoms with Crippen LogP contribution in [0.4, 0.5) is 10.1 Å². The van der Waals surface area contributed by atoms with Crippen molar-refractivity contribution in [1.29, 1.82) is 0 Å². The molecule has 0 spiro atoms. The van der Waals surface area contributed by atoms with Gasteiger partial charge < -0.3 is 5.32 Å². The fourth-order valence-electron chi connectivity index (χ4n) is 2.85. The second kappa shape index (κ2) is 5.04. The Morgan fingerprint density at radius 2 is 1.84 bits per heavy atom. The third-order valence-electron chi connectivity index (χ3n) is 3.96. The van der Waals surface area contributed by atoms with E-state index in [-0.39, 0.29) is 5.82 Å². The molecular formula is C17H18FN. The molecule has 0 amide bonds. The molecule has 1 N–H and O–H groups in total. The maximum atomic E-state index is 13.1. The van der Waals surface area contributed by atoms with E-state index in [1.807, 2.05) is 6.07 Å². The Kier molecular flexibility index (Phi) is 3.24. The lowest BCUT2D eigenvalue weighted by molar-refractivity contribution is 0.373. The van der Waals surface area contributed by atoms with Crippen molar-refractivity contribution in [2.24, 2.45) is 0 Å². The third kappa shape index (κ3) is 2.62. The smallest absolute Gasteiger partial charge is 0.125 e. The fourth-order valence-corrected chi connectivity index (χ4v) is 2.85. The molecule has 3 rings (SSSR count). The largest absolute Gasteiger partial charge is 0.382 e. The molecule has 0 aromatic heterocycles. The van der Waals surface area contributed by atoms with Gasteiger partial charge >= 0.3 is 0 Å². The van der Waals surface area contributed by atoms with Gasteiger partial charge in [0.15, 0.2) is 0 Å². The topological polar surface area (TPSA) is 12.0 Å². The highest BCUT2D eigenvalue weighted by molar-refractivity contribution is 5.45. The van der Waals surface area contributed by atoms with Crippen LogP contribution in [0.5, 0.6) is 0 Å². The second-order valence-electron chi connectivity index (χ2n) is 5.38. The number of halogens is 1. The minimum atomic E-state index is -0.181. The van der Waals surface area contributed by atoms with Gasteiger partial charge in [0.1, 0.15) is 5.82 Å². The number of anilines is 1. The maximum Gasteiger partial charge on any atom is 0.125 e. The van der Waals surface area contributed by atoms with Crippen molar-refractivity contribution in [1.82, 2.24) is 0 Å². The Labute approximate surface area is 113 Å². The van der Waals surface area contributed by atoms with Crippen LogP contribution in [0.15, 0.2) is 48.5 Å². The fraction of sp³-hybridized carbons (Fsp3) is 0.294. The highest BCUT2D eigenvalue weighted by Gasteiger charge is 2.30. The quantitative estimate of drug-likeness (QED) is 0.852. The molecule has 0 aliphatic heterocycles. The van der Waals surface area contributed by atoms with Crippen molar-refractivity contribution in [3.05, 3.63) is 65.5 Å². The molecule has 0 unspecified atom stereocenters. The van der Waals surface area contributed by atoms with Gasteiger partial charge in [-0.3, -0.25) is 0 Å². The number of rotatable bonds is 3. The molecule has 1 aliphatic rings. The number of hydrogen-bond acceptors (Lipinski definition) is 1. The molecule has 2 heteroatoms. The number of aryl methyl sites for hydroxylation is 1. The van der Waals surface area contributed by atoms with Crippen LogP contribution in [-0.2, 0) is 0 Å². The third-order valence-corrected chi connectivity index (χ3v) is 3.96. The van der Waals surface area contributed by atoms with E-state index in [1.54, 1.807) is 12.1 Å². The van der Waals surface area contributed by atoms with Crippen LogP contribution in [0.1, 0.15) is 29.9 Å². The lowest BCUT2D eigenvalue weighted by Crippen LogP contribution is -2.34. The summed E-state index contributed by atoms with van der Waals surface area (Å²) in [5, 5.41) is 3.40. The van der Waals surface area contributed by atoms with Gasteiger partial charge in [-0.05, 0) is 55.0 Å². The Morgan fingerprint density at radius 3 is 2.58 bits per heavy atom. The molecule has 0 saturated heterocycles. The van der Waals surface area contributed by atoms with E-state index < -0.39 is 0 Å². The Hall–Kier alpha value is -1.83. The van der Waals surface area contributed by atoms with E-state index in [1.165, 1.54) is 17.2 Å². The molecule has 0 atom stereocenters. The van der Waals surface area contributed by atoms with E-state index in [0.29, 0.717) is 12.0 Å². The van der Waals surface area contributed by atoms with Crippen LogP contribution in [0.3, 0.4) is 0 Å². The first-order valence-electron chi connectivity index (χ1n) is 6.80. The van der Waals surface area contributed by atoms with Crippen LogP contribution in [0, 0.1) is 12.7 Å². The maximum absolute atomic E-state index is 13.1. The van der Waals surface area contributed by atoms with Gasteiger partial charge in [-0.2, -0.15) is 0 Å². The summed E-state index contributed by atoms with van der Waals surface area (Å²) >= 11 is 0. The van der Waals surface area contributed by atoms with Crippen LogP contribution in [-0.4, -0.2) is 6.04 Å². The number of benzene rings is 2. The Balaban J connectivity index is 1.60. The lowest BCUT2D eigenvalue weighted by Gasteiger charge is -2.37. The first-order chi connectivity index (χ1) is 9.22. The van der Waals surface area contributed by atoms with Crippen molar-refractivity contribution in [3.63, 3.8) is 0 Å². The van der Waals surface area contributed by atoms with Gasteiger partial charge in [0.25, 0.3) is 0 Å². The predicted molar refractivity (Wildman–Crippen MR) is 77.0 cm³/mol. The normalized spacial score (nSPS) is 21.8. The molecule has 1 fully saturated rings. The average Bonchev–Trinajstić information content (AvgIpc) is 2.35. The van der Waals surface area contributed by atoms with E-state index in [0.717, 1.165) is 18.5 Å². The molecule has 1 saturated carbocycles. The van der Waals surface area contributed by atoms with Crippen molar-refractivity contribution < 1.29 is 4.39 Å². The molecule has 2 aromatic carbocycles. The highest BCUT2D eigenvalue weighted by Crippen LogP contribution is 2.39. The predicted octanol–water partition coefficient (Wildman–Crippen LogP) is 4.49. The van der Waals surface area contributed by atoms with Crippen molar-refractivity contribution in [2.75, 3.05) is 5.32 Å². The molecule has 0 heterocycles. The summed E-state index contributed by atoms with van der Waals surface area (Å²) in [4.78, 5) is 0. The van der Waals surface area contributed by atoms with Crippen molar-refractivity contribution >= 4 is 5.69 Å². The zero-order chi connectivity index (χ0) is 13.2. The summed E-state index contributed by atoms with van der Waals surface area (Å²) in [6.45, 7) is 2.17. The Bertz CT molecular complexity index is 573. The Morgan fingerprint density at radius 1 is 1.05 bits per heavy atom. The summed E-state index contributed by atoms with van der Waals surface area (Å²) in [5.41, 5.74) is 3.71. The summed E-state index contributed by atoms with van der Waals surface area (Å²) in [6, 6.07) is 15.7. The minimum absolute atomic E-state index is 0.181. The minimum Gasteiger partial charge on any atom is -0.382 e. The number of hydrogen-bond donors (Lipinski definition) is 1. The van der Waals surface area contributed by atoms with Crippen LogP contribution in [0.25, 0.3) is 0 Å². The van der Waals surface area contributed by atoms with Gasteiger partial charge in [-0.1, -0.05) is 30.3 Å². The van der Waals surface area contributed by atoms with Gasteiger partial charge in [0.05, 0.1) is 0 Å². The SMILES string of the molecule is Cc1ccccc1C1CC(Nc2cccc(F)c2)C1. The van der Waals surface area contributed by atoms with E-state index >= 15 is 0 Å². The molecule has 0 radical (unpaired) electrons. The molecule has 19 heavy (non-hydrogen) atoms. The number of nitrogens with one attached hydrogen (secondary N) is 1. The monoisotopic (exact) mass is 255 g/mol. The molecule has 98 valence electrons. The lowest BCUT2D eigenvalue weighted by atomic mass is 9.74. The van der Waals surface area contributed by atoms with Crippen LogP contribution >= 0.6 is 0 Å². The summed E-state index contributed by atoms with van der Waals surface area (Å²) in [7, 11) is 0. The van der Waals surface area contributed by atoms with Crippen LogP contribution in [0.2, 0.25) is 0 Å². The zero-order valence-corrected chi connectivity index (χ0v) is 11.1. The zero-order valence-electron chi connectivity index (χ0n) is 11.1. The van der Waals surface area contributed by atoms with Gasteiger partial charge in [-0.15, -0.1) is 0 Å². The standard InChI is InChI=1S/C17H18FN/c1-12-5-2-3-8-17(12)13-9-16(10-13)19-15-7-4-6-14(18)11-15/h2-8,11,13,16,19H,9-10H2,1H3. The van der Waals surface area contributed by atoms with E-state index in [2.05, 4.69) is 36.5 Å². The van der Waals surface area contributed by atoms with E-state index in [4.69, 9.17) is 0 Å². The first kappa shape index (κ1) is 12.2. The second-order valence-corrected chi connectivity index (χ2v) is 5.38. The molecule has 1 nitrogen and oxygen atoms in total. The molecule has 0 bridgehead atoms. The van der Waals surface area contributed by atoms with Gasteiger partial charge in [-0.25, -0.2) is 4.39 Å². The highest BCUT2D eigenvalue weighted by atomic mass is 19.1. The van der Waals surface area contributed by atoms with Gasteiger partial charge in [0.2, 0.25) is 0 Å².